The van der Waals surface area contributed by atoms with E-state index in [2.05, 4.69) is 43.3 Å². The number of hydrogen-bond acceptors (Lipinski definition) is 4. The lowest BCUT2D eigenvalue weighted by molar-refractivity contribution is 0.220. The Labute approximate surface area is 127 Å². The summed E-state index contributed by atoms with van der Waals surface area (Å²) < 4.78 is 0. The quantitative estimate of drug-likeness (QED) is 0.911. The molecule has 0 spiro atoms. The maximum atomic E-state index is 4.82. The van der Waals surface area contributed by atoms with Crippen molar-refractivity contribution in [3.05, 3.63) is 11.1 Å². The highest BCUT2D eigenvalue weighted by atomic mass is 32.1. The van der Waals surface area contributed by atoms with Gasteiger partial charge in [-0.2, -0.15) is 0 Å². The topological polar surface area (TPSA) is 28.2 Å². The van der Waals surface area contributed by atoms with Gasteiger partial charge in [-0.3, -0.25) is 0 Å². The highest BCUT2D eigenvalue weighted by Crippen LogP contribution is 2.35. The Balaban J connectivity index is 2.02. The zero-order valence-electron chi connectivity index (χ0n) is 13.6. The van der Waals surface area contributed by atoms with Gasteiger partial charge in [-0.1, -0.05) is 20.8 Å². The number of nitrogens with one attached hydrogen (secondary N) is 1. The van der Waals surface area contributed by atoms with E-state index in [1.165, 1.54) is 30.1 Å². The molecular formula is C16H29N3S. The molecule has 2 unspecified atom stereocenters. The number of thiazole rings is 1. The van der Waals surface area contributed by atoms with Crippen LogP contribution in [0.1, 0.15) is 58.7 Å². The molecule has 1 saturated heterocycles. The Bertz CT molecular complexity index is 422. The van der Waals surface area contributed by atoms with Crippen LogP contribution < -0.4 is 10.2 Å². The first-order chi connectivity index (χ1) is 9.41. The second-order valence-electron chi connectivity index (χ2n) is 7.05. The van der Waals surface area contributed by atoms with Crippen molar-refractivity contribution in [1.82, 2.24) is 10.3 Å². The summed E-state index contributed by atoms with van der Waals surface area (Å²) in [6, 6.07) is 0.342. The van der Waals surface area contributed by atoms with Crippen LogP contribution in [0.25, 0.3) is 0 Å². The smallest absolute Gasteiger partial charge is 0.185 e. The highest BCUT2D eigenvalue weighted by molar-refractivity contribution is 7.13. The van der Waals surface area contributed by atoms with E-state index in [1.54, 1.807) is 11.3 Å². The van der Waals surface area contributed by atoms with Crippen molar-refractivity contribution in [3.8, 4) is 0 Å². The van der Waals surface area contributed by atoms with Crippen molar-refractivity contribution in [2.45, 2.75) is 53.0 Å². The molecule has 0 aliphatic carbocycles. The summed E-state index contributed by atoms with van der Waals surface area (Å²) in [5.41, 5.74) is 1.61. The molecule has 2 heterocycles. The van der Waals surface area contributed by atoms with Gasteiger partial charge in [0.05, 0.1) is 5.69 Å². The third kappa shape index (κ3) is 3.73. The second-order valence-corrected chi connectivity index (χ2v) is 7.88. The van der Waals surface area contributed by atoms with Crippen molar-refractivity contribution < 1.29 is 0 Å². The lowest BCUT2D eigenvalue weighted by Gasteiger charge is -2.29. The molecule has 1 aromatic heterocycles. The van der Waals surface area contributed by atoms with Gasteiger partial charge in [0.1, 0.15) is 0 Å². The largest absolute Gasteiger partial charge is 0.348 e. The van der Waals surface area contributed by atoms with E-state index < -0.39 is 0 Å². The van der Waals surface area contributed by atoms with Gasteiger partial charge in [0.15, 0.2) is 5.13 Å². The first-order valence-corrected chi connectivity index (χ1v) is 8.67. The first-order valence-electron chi connectivity index (χ1n) is 7.79. The Morgan fingerprint density at radius 3 is 2.75 bits per heavy atom. The molecule has 0 bridgehead atoms. The zero-order chi connectivity index (χ0) is 14.8. The second kappa shape index (κ2) is 6.44. The maximum absolute atomic E-state index is 4.82. The van der Waals surface area contributed by atoms with E-state index in [-0.39, 0.29) is 0 Å². The molecule has 0 radical (unpaired) electrons. The first kappa shape index (κ1) is 15.8. The fourth-order valence-electron chi connectivity index (χ4n) is 2.92. The number of anilines is 1. The molecule has 2 rings (SSSR count). The summed E-state index contributed by atoms with van der Waals surface area (Å²) in [4.78, 5) is 7.30. The molecule has 1 aliphatic rings. The standard InChI is InChI=1S/C16H29N3S/c1-12(17-5)14-11-20-15(18-14)19-9-6-7-13(8-10-19)16(2,3)4/h11-13,17H,6-10H2,1-5H3. The van der Waals surface area contributed by atoms with Crippen molar-refractivity contribution in [2.24, 2.45) is 11.3 Å². The number of nitrogens with zero attached hydrogens (tertiary/aromatic N) is 2. The van der Waals surface area contributed by atoms with Crippen LogP contribution in [-0.2, 0) is 0 Å². The van der Waals surface area contributed by atoms with E-state index in [1.807, 2.05) is 7.05 Å². The third-order valence-electron chi connectivity index (χ3n) is 4.61. The normalized spacial score (nSPS) is 22.6. The van der Waals surface area contributed by atoms with Crippen LogP contribution in [-0.4, -0.2) is 25.1 Å². The Morgan fingerprint density at radius 1 is 1.35 bits per heavy atom. The molecule has 1 fully saturated rings. The van der Waals surface area contributed by atoms with Crippen molar-refractivity contribution >= 4 is 16.5 Å². The molecular weight excluding hydrogens is 266 g/mol. The summed E-state index contributed by atoms with van der Waals surface area (Å²) in [7, 11) is 1.99. The van der Waals surface area contributed by atoms with Gasteiger partial charge in [0, 0.05) is 24.5 Å². The number of aromatic nitrogens is 1. The Kier molecular flexibility index (Phi) is 5.08. The van der Waals surface area contributed by atoms with Crippen LogP contribution in [0.2, 0.25) is 0 Å². The van der Waals surface area contributed by atoms with E-state index in [0.29, 0.717) is 11.5 Å². The minimum Gasteiger partial charge on any atom is -0.348 e. The molecule has 0 aromatic carbocycles. The molecule has 1 N–H and O–H groups in total. The minimum atomic E-state index is 0.342. The zero-order valence-corrected chi connectivity index (χ0v) is 14.4. The van der Waals surface area contributed by atoms with Gasteiger partial charge in [-0.25, -0.2) is 4.98 Å². The number of hydrogen-bond donors (Lipinski definition) is 1. The summed E-state index contributed by atoms with van der Waals surface area (Å²) >= 11 is 1.79. The average Bonchev–Trinajstić information content (AvgIpc) is 2.74. The van der Waals surface area contributed by atoms with Gasteiger partial charge in [0.2, 0.25) is 0 Å². The predicted octanol–water partition coefficient (Wildman–Crippen LogP) is 4.08. The highest BCUT2D eigenvalue weighted by Gasteiger charge is 2.27. The minimum absolute atomic E-state index is 0.342. The van der Waals surface area contributed by atoms with Gasteiger partial charge >= 0.3 is 0 Å². The summed E-state index contributed by atoms with van der Waals surface area (Å²) in [5, 5.41) is 6.66. The SMILES string of the molecule is CNC(C)c1csc(N2CCCC(C(C)(C)C)CC2)n1. The lowest BCUT2D eigenvalue weighted by atomic mass is 9.77. The molecule has 0 amide bonds. The van der Waals surface area contributed by atoms with Crippen LogP contribution >= 0.6 is 11.3 Å². The van der Waals surface area contributed by atoms with Crippen molar-refractivity contribution in [2.75, 3.05) is 25.0 Å². The number of rotatable bonds is 3. The van der Waals surface area contributed by atoms with E-state index in [9.17, 15) is 0 Å². The van der Waals surface area contributed by atoms with Gasteiger partial charge in [0.25, 0.3) is 0 Å². The monoisotopic (exact) mass is 295 g/mol. The Morgan fingerprint density at radius 2 is 2.10 bits per heavy atom. The third-order valence-corrected chi connectivity index (χ3v) is 5.53. The average molecular weight is 295 g/mol. The molecule has 4 heteroatoms. The van der Waals surface area contributed by atoms with Crippen LogP contribution in [0, 0.1) is 11.3 Å². The fraction of sp³-hybridized carbons (Fsp3) is 0.812. The molecule has 1 aromatic rings. The molecule has 3 nitrogen and oxygen atoms in total. The summed E-state index contributed by atoms with van der Waals surface area (Å²) in [6.07, 6.45) is 3.93. The van der Waals surface area contributed by atoms with Crippen LogP contribution in [0.15, 0.2) is 5.38 Å². The van der Waals surface area contributed by atoms with Crippen molar-refractivity contribution in [1.29, 1.82) is 0 Å². The van der Waals surface area contributed by atoms with Crippen LogP contribution in [0.4, 0.5) is 5.13 Å². The molecule has 20 heavy (non-hydrogen) atoms. The lowest BCUT2D eigenvalue weighted by Crippen LogP contribution is -2.26. The molecule has 0 saturated carbocycles. The summed E-state index contributed by atoms with van der Waals surface area (Å²) in [5.74, 6) is 0.836. The van der Waals surface area contributed by atoms with E-state index in [4.69, 9.17) is 4.98 Å². The maximum Gasteiger partial charge on any atom is 0.185 e. The summed E-state index contributed by atoms with van der Waals surface area (Å²) in [6.45, 7) is 11.6. The van der Waals surface area contributed by atoms with E-state index >= 15 is 0 Å². The predicted molar refractivity (Wildman–Crippen MR) is 88.6 cm³/mol. The van der Waals surface area contributed by atoms with Crippen molar-refractivity contribution in [3.63, 3.8) is 0 Å². The molecule has 114 valence electrons. The van der Waals surface area contributed by atoms with Gasteiger partial charge < -0.3 is 10.2 Å². The van der Waals surface area contributed by atoms with Gasteiger partial charge in [-0.15, -0.1) is 11.3 Å². The fourth-order valence-corrected chi connectivity index (χ4v) is 3.89. The Hall–Kier alpha value is -0.610. The van der Waals surface area contributed by atoms with Crippen LogP contribution in [0.5, 0.6) is 0 Å². The van der Waals surface area contributed by atoms with Crippen LogP contribution in [0.3, 0.4) is 0 Å². The molecule has 2 atom stereocenters. The van der Waals surface area contributed by atoms with Gasteiger partial charge in [-0.05, 0) is 44.6 Å². The molecule has 1 aliphatic heterocycles. The van der Waals surface area contributed by atoms with E-state index in [0.717, 1.165) is 19.0 Å².